The molecule has 0 aliphatic rings. The van der Waals surface area contributed by atoms with Crippen molar-refractivity contribution in [2.75, 3.05) is 11.1 Å². The van der Waals surface area contributed by atoms with Crippen molar-refractivity contribution in [3.8, 4) is 44.5 Å². The molecule has 0 bridgehead atoms. The number of nitrogens with two attached hydrogens (primary N) is 1. The maximum absolute atomic E-state index is 6.06. The lowest BCUT2D eigenvalue weighted by Crippen LogP contribution is -1.93. The molecule has 2 aromatic heterocycles. The fourth-order valence-electron chi connectivity index (χ4n) is 8.36. The minimum absolute atomic E-state index is 0.776. The Hall–Kier alpha value is -8.12. The molecule has 0 unspecified atom stereocenters. The first kappa shape index (κ1) is 40.9. The molecule has 0 radical (unpaired) electrons. The summed E-state index contributed by atoms with van der Waals surface area (Å²) in [5.74, 6) is 0. The SMILES string of the molecule is Brc1ccccc1-c1ccccc1.Nc1ccc(-c2cccc3oc4ccccc4c23)cc1.c1ccc(-c2ccccc2Nc2ccc(-c3cccc4oc5ccccc5c34)cc2)cc1. The lowest BCUT2D eigenvalue weighted by atomic mass is 9.99. The van der Waals surface area contributed by atoms with Gasteiger partial charge in [-0.05, 0) is 99.6 Å². The molecule has 4 nitrogen and oxygen atoms in total. The molecule has 0 atom stereocenters. The number of halogens is 1. The number of benzene rings is 10. The van der Waals surface area contributed by atoms with Crippen molar-refractivity contribution in [3.05, 3.63) is 247 Å². The summed E-state index contributed by atoms with van der Waals surface area (Å²) < 4.78 is 13.1. The molecular weight excluding hydrogens is 861 g/mol. The summed E-state index contributed by atoms with van der Waals surface area (Å²) in [6.45, 7) is 0. The number of furan rings is 2. The standard InChI is InChI=1S/C30H21NO.C18H13NO.C12H9Br/c1-2-9-21(10-3-1)24-11-4-6-14-27(24)31-23-19-17-22(18-20-23)25-13-8-16-29-30(25)26-12-5-7-15-28(26)32-29;19-13-10-8-12(9-11-13)14-5-3-7-17-18(14)15-4-1-2-6-16(15)20-17;13-12-9-5-4-8-11(12)10-6-2-1-3-7-10/h1-20,31H;1-11H,19H2;1-9H. The van der Waals surface area contributed by atoms with Crippen molar-refractivity contribution in [2.45, 2.75) is 0 Å². The van der Waals surface area contributed by atoms with Crippen molar-refractivity contribution < 1.29 is 8.83 Å². The number of nitrogen functional groups attached to an aromatic ring is 1. The van der Waals surface area contributed by atoms with E-state index in [-0.39, 0.29) is 0 Å². The second kappa shape index (κ2) is 18.7. The minimum atomic E-state index is 0.776. The van der Waals surface area contributed by atoms with Gasteiger partial charge in [0.25, 0.3) is 0 Å². The van der Waals surface area contributed by atoms with Crippen LogP contribution >= 0.6 is 15.9 Å². The van der Waals surface area contributed by atoms with Crippen molar-refractivity contribution in [3.63, 3.8) is 0 Å². The second-order valence-electron chi connectivity index (χ2n) is 15.6. The Morgan fingerprint density at radius 2 is 0.723 bits per heavy atom. The predicted molar refractivity (Wildman–Crippen MR) is 277 cm³/mol. The van der Waals surface area contributed by atoms with E-state index in [0.29, 0.717) is 0 Å². The van der Waals surface area contributed by atoms with Gasteiger partial charge >= 0.3 is 0 Å². The van der Waals surface area contributed by atoms with Crippen LogP contribution in [0.1, 0.15) is 0 Å². The van der Waals surface area contributed by atoms with Crippen LogP contribution in [0.5, 0.6) is 0 Å². The lowest BCUT2D eigenvalue weighted by Gasteiger charge is -2.13. The monoisotopic (exact) mass is 902 g/mol. The van der Waals surface area contributed by atoms with Gasteiger partial charge in [-0.2, -0.15) is 0 Å². The molecule has 3 N–H and O–H groups in total. The highest BCUT2D eigenvalue weighted by atomic mass is 79.9. The van der Waals surface area contributed by atoms with E-state index in [1.165, 1.54) is 44.3 Å². The number of rotatable bonds is 6. The summed E-state index contributed by atoms with van der Waals surface area (Å²) in [5.41, 5.74) is 21.9. The summed E-state index contributed by atoms with van der Waals surface area (Å²) in [5, 5.41) is 8.22. The van der Waals surface area contributed by atoms with Crippen LogP contribution in [0.2, 0.25) is 0 Å². The van der Waals surface area contributed by atoms with Gasteiger partial charge in [-0.25, -0.2) is 0 Å². The van der Waals surface area contributed by atoms with Gasteiger partial charge in [-0.1, -0.05) is 198 Å². The molecule has 10 aromatic carbocycles. The van der Waals surface area contributed by atoms with Crippen LogP contribution in [0, 0.1) is 0 Å². The van der Waals surface area contributed by atoms with E-state index in [1.54, 1.807) is 0 Å². The van der Waals surface area contributed by atoms with Gasteiger partial charge < -0.3 is 19.9 Å². The Bertz CT molecular complexity index is 3520. The Morgan fingerprint density at radius 3 is 1.28 bits per heavy atom. The zero-order valence-electron chi connectivity index (χ0n) is 35.4. The van der Waals surface area contributed by atoms with E-state index in [9.17, 15) is 0 Å². The van der Waals surface area contributed by atoms with Crippen LogP contribution in [-0.2, 0) is 0 Å². The third-order valence-electron chi connectivity index (χ3n) is 11.5. The number of hydrogen-bond donors (Lipinski definition) is 2. The average molecular weight is 904 g/mol. The third kappa shape index (κ3) is 8.79. The Kier molecular flexibility index (Phi) is 11.8. The normalized spacial score (nSPS) is 10.9. The van der Waals surface area contributed by atoms with Gasteiger partial charge in [0, 0.05) is 48.6 Å². The van der Waals surface area contributed by atoms with Crippen molar-refractivity contribution in [1.29, 1.82) is 0 Å². The van der Waals surface area contributed by atoms with Crippen LogP contribution in [0.25, 0.3) is 88.4 Å². The van der Waals surface area contributed by atoms with E-state index < -0.39 is 0 Å². The van der Waals surface area contributed by atoms with Gasteiger partial charge in [0.05, 0.1) is 0 Å². The van der Waals surface area contributed by atoms with Crippen molar-refractivity contribution in [1.82, 2.24) is 0 Å². The van der Waals surface area contributed by atoms with Crippen LogP contribution in [0.3, 0.4) is 0 Å². The molecule has 5 heteroatoms. The number of fused-ring (bicyclic) bond motifs is 6. The van der Waals surface area contributed by atoms with Gasteiger partial charge in [0.15, 0.2) is 0 Å². The molecule has 65 heavy (non-hydrogen) atoms. The average Bonchev–Trinajstić information content (AvgIpc) is 3.95. The molecular formula is C60H43BrN2O2. The molecule has 0 spiro atoms. The van der Waals surface area contributed by atoms with Crippen LogP contribution in [0.15, 0.2) is 256 Å². The van der Waals surface area contributed by atoms with Gasteiger partial charge in [0.2, 0.25) is 0 Å². The Labute approximate surface area is 386 Å². The molecule has 2 heterocycles. The van der Waals surface area contributed by atoms with Crippen molar-refractivity contribution in [2.24, 2.45) is 0 Å². The van der Waals surface area contributed by atoms with E-state index in [4.69, 9.17) is 14.6 Å². The molecule has 0 aliphatic heterocycles. The first-order chi connectivity index (χ1) is 32.1. The smallest absolute Gasteiger partial charge is 0.136 e. The fourth-order valence-corrected chi connectivity index (χ4v) is 8.87. The predicted octanol–water partition coefficient (Wildman–Crippen LogP) is 17.6. The molecule has 0 fully saturated rings. The third-order valence-corrected chi connectivity index (χ3v) is 12.2. The van der Waals surface area contributed by atoms with Crippen molar-refractivity contribution >= 4 is 76.9 Å². The highest BCUT2D eigenvalue weighted by Gasteiger charge is 2.14. The highest BCUT2D eigenvalue weighted by Crippen LogP contribution is 2.39. The molecule has 312 valence electrons. The van der Waals surface area contributed by atoms with E-state index in [2.05, 4.69) is 167 Å². The fraction of sp³-hybridized carbons (Fsp3) is 0. The Morgan fingerprint density at radius 1 is 0.323 bits per heavy atom. The molecule has 0 aliphatic carbocycles. The zero-order chi connectivity index (χ0) is 44.0. The minimum Gasteiger partial charge on any atom is -0.456 e. The van der Waals surface area contributed by atoms with Gasteiger partial charge in [0.1, 0.15) is 22.3 Å². The quantitative estimate of drug-likeness (QED) is 0.163. The molecule has 0 amide bonds. The molecule has 12 aromatic rings. The van der Waals surface area contributed by atoms with Crippen LogP contribution in [-0.4, -0.2) is 0 Å². The van der Waals surface area contributed by atoms with E-state index in [1.807, 2.05) is 97.1 Å². The zero-order valence-corrected chi connectivity index (χ0v) is 37.0. The maximum Gasteiger partial charge on any atom is 0.136 e. The van der Waals surface area contributed by atoms with Gasteiger partial charge in [-0.3, -0.25) is 0 Å². The second-order valence-corrected chi connectivity index (χ2v) is 16.5. The molecule has 12 rings (SSSR count). The first-order valence-electron chi connectivity index (χ1n) is 21.6. The highest BCUT2D eigenvalue weighted by molar-refractivity contribution is 9.10. The topological polar surface area (TPSA) is 64.3 Å². The molecule has 0 saturated carbocycles. The summed E-state index contributed by atoms with van der Waals surface area (Å²) in [6.07, 6.45) is 0. The summed E-state index contributed by atoms with van der Waals surface area (Å²) >= 11 is 3.53. The summed E-state index contributed by atoms with van der Waals surface area (Å²) in [4.78, 5) is 0. The summed E-state index contributed by atoms with van der Waals surface area (Å²) in [6, 6.07) is 82.8. The number of anilines is 3. The first-order valence-corrected chi connectivity index (χ1v) is 22.3. The largest absolute Gasteiger partial charge is 0.456 e. The number of para-hydroxylation sites is 3. The molecule has 0 saturated heterocycles. The van der Waals surface area contributed by atoms with Crippen LogP contribution in [0.4, 0.5) is 17.1 Å². The van der Waals surface area contributed by atoms with Gasteiger partial charge in [-0.15, -0.1) is 0 Å². The number of nitrogens with one attached hydrogen (secondary N) is 1. The number of hydrogen-bond acceptors (Lipinski definition) is 4. The summed E-state index contributed by atoms with van der Waals surface area (Å²) in [7, 11) is 0. The lowest BCUT2D eigenvalue weighted by molar-refractivity contribution is 0.668. The Balaban J connectivity index is 0.000000128. The maximum atomic E-state index is 6.06. The van der Waals surface area contributed by atoms with E-state index in [0.717, 1.165) is 65.6 Å². The van der Waals surface area contributed by atoms with E-state index >= 15 is 0 Å². The van der Waals surface area contributed by atoms with Crippen LogP contribution < -0.4 is 11.1 Å².